The lowest BCUT2D eigenvalue weighted by Gasteiger charge is -2.36. The fourth-order valence-corrected chi connectivity index (χ4v) is 2.76. The van der Waals surface area contributed by atoms with Crippen LogP contribution in [0.1, 0.15) is 20.8 Å². The molecule has 1 fully saturated rings. The van der Waals surface area contributed by atoms with Gasteiger partial charge in [-0.05, 0) is 32.9 Å². The molecule has 0 saturated carbocycles. The highest BCUT2D eigenvalue weighted by Crippen LogP contribution is 2.24. The summed E-state index contributed by atoms with van der Waals surface area (Å²) in [7, 11) is 0. The molecule has 0 aliphatic carbocycles. The van der Waals surface area contributed by atoms with Crippen molar-refractivity contribution >= 4 is 17.7 Å². The number of nitrogens with zero attached hydrogens (tertiary/aromatic N) is 2. The number of hydrogen-bond donors (Lipinski definition) is 1. The molecule has 1 aliphatic heterocycles. The van der Waals surface area contributed by atoms with Crippen LogP contribution in [-0.4, -0.2) is 67.2 Å². The van der Waals surface area contributed by atoms with Gasteiger partial charge in [0.2, 0.25) is 5.91 Å². The highest BCUT2D eigenvalue weighted by molar-refractivity contribution is 5.95. The van der Waals surface area contributed by atoms with Crippen LogP contribution < -0.4 is 10.1 Å². The van der Waals surface area contributed by atoms with E-state index in [4.69, 9.17) is 9.47 Å². The van der Waals surface area contributed by atoms with Crippen LogP contribution in [0.25, 0.3) is 0 Å². The highest BCUT2D eigenvalue weighted by Gasteiger charge is 2.28. The summed E-state index contributed by atoms with van der Waals surface area (Å²) in [6.07, 6.45) is -0.287. The van der Waals surface area contributed by atoms with Crippen molar-refractivity contribution < 1.29 is 19.1 Å². The second kappa shape index (κ2) is 9.27. The Morgan fingerprint density at radius 3 is 2.44 bits per heavy atom. The monoisotopic (exact) mass is 349 g/mol. The molecule has 2 amide bonds. The lowest BCUT2D eigenvalue weighted by atomic mass is 10.2. The van der Waals surface area contributed by atoms with Gasteiger partial charge in [0.15, 0.2) is 0 Å². The molecule has 1 atom stereocenters. The van der Waals surface area contributed by atoms with E-state index in [2.05, 4.69) is 10.2 Å². The van der Waals surface area contributed by atoms with Gasteiger partial charge in [0.25, 0.3) is 0 Å². The number of para-hydroxylation sites is 2. The number of hydrogen-bond acceptors (Lipinski definition) is 5. The molecule has 0 aromatic heterocycles. The molecule has 1 saturated heterocycles. The zero-order valence-corrected chi connectivity index (χ0v) is 15.2. The van der Waals surface area contributed by atoms with Crippen LogP contribution in [-0.2, 0) is 9.53 Å². The lowest BCUT2D eigenvalue weighted by molar-refractivity contribution is -0.121. The number of carbonyl (C=O) groups is 2. The van der Waals surface area contributed by atoms with E-state index in [1.54, 1.807) is 11.8 Å². The fourth-order valence-electron chi connectivity index (χ4n) is 2.76. The van der Waals surface area contributed by atoms with Gasteiger partial charge in [0, 0.05) is 26.2 Å². The molecule has 1 heterocycles. The summed E-state index contributed by atoms with van der Waals surface area (Å²) in [6, 6.07) is 7.11. The quantitative estimate of drug-likeness (QED) is 0.852. The maximum absolute atomic E-state index is 12.6. The molecule has 0 bridgehead atoms. The molecule has 25 heavy (non-hydrogen) atoms. The first-order valence-electron chi connectivity index (χ1n) is 8.75. The number of carbonyl (C=O) groups excluding carboxylic acids is 2. The molecule has 0 spiro atoms. The lowest BCUT2D eigenvalue weighted by Crippen LogP contribution is -2.54. The normalized spacial score (nSPS) is 16.2. The third-order valence-corrected chi connectivity index (χ3v) is 4.21. The van der Waals surface area contributed by atoms with Crippen LogP contribution in [0.4, 0.5) is 10.5 Å². The molecule has 1 aromatic carbocycles. The van der Waals surface area contributed by atoms with E-state index in [0.717, 1.165) is 0 Å². The summed E-state index contributed by atoms with van der Waals surface area (Å²) < 4.78 is 10.6. The van der Waals surface area contributed by atoms with Gasteiger partial charge in [0.05, 0.1) is 24.9 Å². The molecule has 7 nitrogen and oxygen atoms in total. The van der Waals surface area contributed by atoms with Gasteiger partial charge in [-0.3, -0.25) is 9.69 Å². The van der Waals surface area contributed by atoms with E-state index in [9.17, 15) is 9.59 Å². The van der Waals surface area contributed by atoms with Crippen LogP contribution in [0.2, 0.25) is 0 Å². The predicted octanol–water partition coefficient (Wildman–Crippen LogP) is 2.19. The molecule has 1 unspecified atom stereocenters. The third kappa shape index (κ3) is 5.09. The average molecular weight is 349 g/mol. The predicted molar refractivity (Wildman–Crippen MR) is 95.9 cm³/mol. The molecule has 2 rings (SSSR count). The smallest absolute Gasteiger partial charge is 0.409 e. The number of benzene rings is 1. The van der Waals surface area contributed by atoms with Gasteiger partial charge in [-0.2, -0.15) is 0 Å². The molecular weight excluding hydrogens is 322 g/mol. The van der Waals surface area contributed by atoms with Crippen molar-refractivity contribution in [1.82, 2.24) is 9.80 Å². The Labute approximate surface area is 148 Å². The minimum Gasteiger partial charge on any atom is -0.492 e. The van der Waals surface area contributed by atoms with Crippen molar-refractivity contribution in [3.05, 3.63) is 24.3 Å². The number of anilines is 1. The van der Waals surface area contributed by atoms with E-state index in [-0.39, 0.29) is 18.0 Å². The average Bonchev–Trinajstić information content (AvgIpc) is 2.63. The first kappa shape index (κ1) is 19.1. The zero-order valence-electron chi connectivity index (χ0n) is 15.2. The minimum absolute atomic E-state index is 0.0864. The van der Waals surface area contributed by atoms with Crippen LogP contribution in [0.5, 0.6) is 5.75 Å². The standard InChI is InChI=1S/C18H27N3O4/c1-4-24-16-9-7-6-8-15(16)19-17(22)14(3)20-10-12-21(13-11-20)18(23)25-5-2/h6-9,14H,4-5,10-13H2,1-3H3,(H,19,22). The van der Waals surface area contributed by atoms with Gasteiger partial charge in [0.1, 0.15) is 5.75 Å². The van der Waals surface area contributed by atoms with Gasteiger partial charge < -0.3 is 19.7 Å². The Hall–Kier alpha value is -2.28. The maximum atomic E-state index is 12.6. The SMILES string of the molecule is CCOC(=O)N1CCN(C(C)C(=O)Nc2ccccc2OCC)CC1. The largest absolute Gasteiger partial charge is 0.492 e. The number of ether oxygens (including phenoxy) is 2. The van der Waals surface area contributed by atoms with Crippen LogP contribution in [0.3, 0.4) is 0 Å². The Balaban J connectivity index is 1.90. The first-order chi connectivity index (χ1) is 12.1. The summed E-state index contributed by atoms with van der Waals surface area (Å²) in [5.41, 5.74) is 0.673. The summed E-state index contributed by atoms with van der Waals surface area (Å²) in [6.45, 7) is 8.89. The summed E-state index contributed by atoms with van der Waals surface area (Å²) in [4.78, 5) is 28.1. The van der Waals surface area contributed by atoms with Gasteiger partial charge in [-0.25, -0.2) is 4.79 Å². The Bertz CT molecular complexity index is 585. The van der Waals surface area contributed by atoms with E-state index >= 15 is 0 Å². The van der Waals surface area contributed by atoms with Crippen molar-refractivity contribution in [3.8, 4) is 5.75 Å². The number of amides is 2. The van der Waals surface area contributed by atoms with Crippen LogP contribution in [0.15, 0.2) is 24.3 Å². The first-order valence-corrected chi connectivity index (χ1v) is 8.75. The van der Waals surface area contributed by atoms with Crippen molar-refractivity contribution in [1.29, 1.82) is 0 Å². The number of nitrogens with one attached hydrogen (secondary N) is 1. The molecule has 1 N–H and O–H groups in total. The second-order valence-corrected chi connectivity index (χ2v) is 5.82. The minimum atomic E-state index is -0.293. The molecule has 138 valence electrons. The Morgan fingerprint density at radius 2 is 1.80 bits per heavy atom. The fraction of sp³-hybridized carbons (Fsp3) is 0.556. The molecular formula is C18H27N3O4. The zero-order chi connectivity index (χ0) is 18.2. The van der Waals surface area contributed by atoms with Gasteiger partial charge in [-0.15, -0.1) is 0 Å². The second-order valence-electron chi connectivity index (χ2n) is 5.82. The van der Waals surface area contributed by atoms with Gasteiger partial charge >= 0.3 is 6.09 Å². The Morgan fingerprint density at radius 1 is 1.12 bits per heavy atom. The van der Waals surface area contributed by atoms with Crippen molar-refractivity contribution in [2.24, 2.45) is 0 Å². The molecule has 1 aromatic rings. The summed E-state index contributed by atoms with van der Waals surface area (Å²) in [5.74, 6) is 0.578. The molecule has 0 radical (unpaired) electrons. The van der Waals surface area contributed by atoms with Crippen molar-refractivity contribution in [2.75, 3.05) is 44.7 Å². The Kier molecular flexibility index (Phi) is 7.06. The van der Waals surface area contributed by atoms with Crippen molar-refractivity contribution in [3.63, 3.8) is 0 Å². The summed E-state index contributed by atoms with van der Waals surface area (Å²) >= 11 is 0. The number of rotatable bonds is 6. The van der Waals surface area contributed by atoms with Crippen LogP contribution in [0, 0.1) is 0 Å². The van der Waals surface area contributed by atoms with Gasteiger partial charge in [-0.1, -0.05) is 12.1 Å². The number of piperazine rings is 1. The molecule has 1 aliphatic rings. The van der Waals surface area contributed by atoms with E-state index in [0.29, 0.717) is 50.8 Å². The highest BCUT2D eigenvalue weighted by atomic mass is 16.6. The molecule has 7 heteroatoms. The van der Waals surface area contributed by atoms with Crippen molar-refractivity contribution in [2.45, 2.75) is 26.8 Å². The van der Waals surface area contributed by atoms with E-state index in [1.165, 1.54) is 0 Å². The van der Waals surface area contributed by atoms with E-state index < -0.39 is 0 Å². The summed E-state index contributed by atoms with van der Waals surface area (Å²) in [5, 5.41) is 2.94. The topological polar surface area (TPSA) is 71.1 Å². The maximum Gasteiger partial charge on any atom is 0.409 e. The van der Waals surface area contributed by atoms with Crippen LogP contribution >= 0.6 is 0 Å². The van der Waals surface area contributed by atoms with E-state index in [1.807, 2.05) is 38.1 Å². The third-order valence-electron chi connectivity index (χ3n) is 4.21.